The fourth-order valence-corrected chi connectivity index (χ4v) is 3.29. The Hall–Kier alpha value is -3.20. The predicted octanol–water partition coefficient (Wildman–Crippen LogP) is 2.61. The minimum absolute atomic E-state index is 0.215. The lowest BCUT2D eigenvalue weighted by atomic mass is 10.3. The Kier molecular flexibility index (Phi) is 5.51. The summed E-state index contributed by atoms with van der Waals surface area (Å²) in [5.74, 6) is -0.643. The van der Waals surface area contributed by atoms with Gasteiger partial charge in [-0.1, -0.05) is 18.2 Å². The van der Waals surface area contributed by atoms with Gasteiger partial charge in [0, 0.05) is 17.5 Å². The first kappa shape index (κ1) is 18.6. The van der Waals surface area contributed by atoms with Crippen LogP contribution in [0.3, 0.4) is 0 Å². The van der Waals surface area contributed by atoms with E-state index in [1.54, 1.807) is 12.1 Å². The topological polar surface area (TPSA) is 96.8 Å². The molecule has 0 radical (unpaired) electrons. The van der Waals surface area contributed by atoms with Crippen LogP contribution in [-0.4, -0.2) is 34.1 Å². The van der Waals surface area contributed by atoms with Gasteiger partial charge in [0.05, 0.1) is 17.7 Å². The van der Waals surface area contributed by atoms with Gasteiger partial charge in [0.1, 0.15) is 0 Å². The number of amidine groups is 1. The van der Waals surface area contributed by atoms with Crippen LogP contribution in [0.2, 0.25) is 0 Å². The normalized spacial score (nSPS) is 16.9. The second-order valence-electron chi connectivity index (χ2n) is 5.59. The van der Waals surface area contributed by atoms with Crippen LogP contribution in [0.15, 0.2) is 52.5 Å². The third-order valence-corrected chi connectivity index (χ3v) is 4.47. The van der Waals surface area contributed by atoms with E-state index in [1.807, 2.05) is 38.1 Å². The highest BCUT2D eigenvalue weighted by Crippen LogP contribution is 2.34. The second-order valence-corrected chi connectivity index (χ2v) is 6.60. The quantitative estimate of drug-likeness (QED) is 0.492. The number of hydrogen-bond acceptors (Lipinski definition) is 8. The van der Waals surface area contributed by atoms with E-state index in [0.717, 1.165) is 29.2 Å². The van der Waals surface area contributed by atoms with Crippen molar-refractivity contribution in [2.24, 2.45) is 5.10 Å². The number of aryl methyl sites for hydroxylation is 2. The van der Waals surface area contributed by atoms with Gasteiger partial charge in [-0.15, -0.1) is 5.10 Å². The smallest absolute Gasteiger partial charge is 0.331 e. The zero-order chi connectivity index (χ0) is 19.4. The van der Waals surface area contributed by atoms with Crippen molar-refractivity contribution < 1.29 is 14.3 Å². The number of para-hydroxylation sites is 1. The van der Waals surface area contributed by atoms with E-state index in [-0.39, 0.29) is 10.8 Å². The van der Waals surface area contributed by atoms with Crippen molar-refractivity contribution in [1.29, 1.82) is 0 Å². The fraction of sp³-hybridized carbons (Fsp3) is 0.167. The molecule has 2 heterocycles. The van der Waals surface area contributed by atoms with Crippen molar-refractivity contribution in [3.63, 3.8) is 0 Å². The van der Waals surface area contributed by atoms with Crippen molar-refractivity contribution in [2.45, 2.75) is 13.8 Å². The van der Waals surface area contributed by atoms with Crippen molar-refractivity contribution >= 4 is 40.4 Å². The summed E-state index contributed by atoms with van der Waals surface area (Å²) in [5.41, 5.74) is 5.01. The number of thioether (sulfide) groups is 1. The summed E-state index contributed by atoms with van der Waals surface area (Å²) in [4.78, 5) is 34.5. The average Bonchev–Trinajstić information content (AvgIpc) is 2.95. The monoisotopic (exact) mass is 383 g/mol. The second kappa shape index (κ2) is 8.00. The molecule has 1 saturated heterocycles. The van der Waals surface area contributed by atoms with Crippen LogP contribution >= 0.6 is 11.8 Å². The van der Waals surface area contributed by atoms with Gasteiger partial charge in [-0.3, -0.25) is 9.69 Å². The molecule has 0 unspecified atom stereocenters. The van der Waals surface area contributed by atoms with Crippen LogP contribution in [0.5, 0.6) is 0 Å². The highest BCUT2D eigenvalue weighted by molar-refractivity contribution is 8.19. The van der Waals surface area contributed by atoms with Gasteiger partial charge in [0.25, 0.3) is 5.91 Å². The van der Waals surface area contributed by atoms with E-state index in [0.29, 0.717) is 16.8 Å². The molecule has 0 saturated carbocycles. The summed E-state index contributed by atoms with van der Waals surface area (Å²) in [6.45, 7) is 3.71. The minimum Gasteiger partial charge on any atom is -0.466 e. The molecule has 2 aromatic rings. The van der Waals surface area contributed by atoms with Crippen LogP contribution in [-0.2, 0) is 14.3 Å². The lowest BCUT2D eigenvalue weighted by Gasteiger charge is -2.15. The van der Waals surface area contributed by atoms with Gasteiger partial charge in [0.2, 0.25) is 5.95 Å². The number of amides is 1. The van der Waals surface area contributed by atoms with Crippen LogP contribution in [0.25, 0.3) is 0 Å². The van der Waals surface area contributed by atoms with Crippen LogP contribution in [0.4, 0.5) is 11.6 Å². The zero-order valence-electron chi connectivity index (χ0n) is 15.0. The number of rotatable bonds is 4. The molecule has 0 spiro atoms. The van der Waals surface area contributed by atoms with Gasteiger partial charge in [-0.05, 0) is 43.8 Å². The molecule has 1 aliphatic heterocycles. The number of methoxy groups -OCH3 is 1. The summed E-state index contributed by atoms with van der Waals surface area (Å²) >= 11 is 1.06. The van der Waals surface area contributed by atoms with E-state index >= 15 is 0 Å². The molecule has 9 heteroatoms. The Bertz CT molecular complexity index is 923. The molecule has 27 heavy (non-hydrogen) atoms. The molecule has 3 rings (SSSR count). The van der Waals surface area contributed by atoms with E-state index in [9.17, 15) is 9.59 Å². The number of nitrogens with one attached hydrogen (secondary N) is 1. The Balaban J connectivity index is 1.95. The number of hydrazone groups is 1. The first-order valence-corrected chi connectivity index (χ1v) is 8.82. The highest BCUT2D eigenvalue weighted by atomic mass is 32.2. The Morgan fingerprint density at radius 3 is 2.52 bits per heavy atom. The predicted molar refractivity (Wildman–Crippen MR) is 104 cm³/mol. The lowest BCUT2D eigenvalue weighted by Crippen LogP contribution is -2.29. The Morgan fingerprint density at radius 2 is 1.89 bits per heavy atom. The fourth-order valence-electron chi connectivity index (χ4n) is 2.39. The third-order valence-electron chi connectivity index (χ3n) is 3.50. The molecule has 0 bridgehead atoms. The average molecular weight is 383 g/mol. The molecule has 0 aliphatic carbocycles. The van der Waals surface area contributed by atoms with Crippen LogP contribution < -0.4 is 10.3 Å². The first-order valence-electron chi connectivity index (χ1n) is 8.01. The Morgan fingerprint density at radius 1 is 1.22 bits per heavy atom. The van der Waals surface area contributed by atoms with Gasteiger partial charge in [-0.25, -0.2) is 20.2 Å². The summed E-state index contributed by atoms with van der Waals surface area (Å²) in [5, 5.41) is 4.64. The van der Waals surface area contributed by atoms with Crippen molar-refractivity contribution in [2.75, 3.05) is 17.4 Å². The molecule has 0 atom stereocenters. The number of nitrogens with zero attached hydrogens (tertiary/aromatic N) is 4. The van der Waals surface area contributed by atoms with Crippen molar-refractivity contribution in [3.05, 3.63) is 58.8 Å². The molecule has 1 aromatic carbocycles. The summed E-state index contributed by atoms with van der Waals surface area (Å²) in [6.07, 6.45) is 1.15. The zero-order valence-corrected chi connectivity index (χ0v) is 15.8. The van der Waals surface area contributed by atoms with E-state index < -0.39 is 5.97 Å². The van der Waals surface area contributed by atoms with E-state index in [1.165, 1.54) is 12.0 Å². The van der Waals surface area contributed by atoms with E-state index in [4.69, 9.17) is 0 Å². The standard InChI is InChI=1S/C18H17N5O3S/c1-11-9-12(2)20-17(19-11)21-22-18-23(13-7-5-4-6-8-13)16(25)14(27-18)10-15(24)26-3/h4-10H,1-3H3,(H,19,20,21)/b14-10+,22-18+. The maximum atomic E-state index is 12.8. The number of anilines is 2. The van der Waals surface area contributed by atoms with Crippen LogP contribution in [0.1, 0.15) is 11.4 Å². The maximum absolute atomic E-state index is 12.8. The highest BCUT2D eigenvalue weighted by Gasteiger charge is 2.35. The molecule has 1 aliphatic rings. The van der Waals surface area contributed by atoms with Gasteiger partial charge >= 0.3 is 5.97 Å². The van der Waals surface area contributed by atoms with Gasteiger partial charge in [0.15, 0.2) is 5.17 Å². The number of aromatic nitrogens is 2. The number of hydrogen-bond donors (Lipinski definition) is 1. The number of esters is 1. The van der Waals surface area contributed by atoms with Gasteiger partial charge in [-0.2, -0.15) is 0 Å². The SMILES string of the molecule is COC(=O)/C=C1/S/C(=N/Nc2nc(C)cc(C)n2)N(c2ccccc2)C1=O. The number of benzene rings is 1. The molecule has 138 valence electrons. The molecular formula is C18H17N5O3S. The van der Waals surface area contributed by atoms with Crippen LogP contribution in [0, 0.1) is 13.8 Å². The summed E-state index contributed by atoms with van der Waals surface area (Å²) < 4.78 is 4.62. The number of carbonyl (C=O) groups is 2. The molecule has 1 amide bonds. The molecule has 1 fully saturated rings. The number of ether oxygens (including phenoxy) is 1. The molecule has 8 nitrogen and oxygen atoms in total. The van der Waals surface area contributed by atoms with Crippen molar-refractivity contribution in [1.82, 2.24) is 9.97 Å². The Labute approximate surface area is 160 Å². The molecule has 1 N–H and O–H groups in total. The largest absolute Gasteiger partial charge is 0.466 e. The summed E-state index contributed by atoms with van der Waals surface area (Å²) in [7, 11) is 1.26. The third kappa shape index (κ3) is 4.32. The minimum atomic E-state index is -0.606. The van der Waals surface area contributed by atoms with Crippen molar-refractivity contribution in [3.8, 4) is 0 Å². The molecule has 1 aromatic heterocycles. The maximum Gasteiger partial charge on any atom is 0.331 e. The van der Waals surface area contributed by atoms with E-state index in [2.05, 4.69) is 25.2 Å². The summed E-state index contributed by atoms with van der Waals surface area (Å²) in [6, 6.07) is 10.9. The lowest BCUT2D eigenvalue weighted by molar-refractivity contribution is -0.135. The van der Waals surface area contributed by atoms with Gasteiger partial charge < -0.3 is 4.74 Å². The number of carbonyl (C=O) groups excluding carboxylic acids is 2. The first-order chi connectivity index (χ1) is 13.0. The molecular weight excluding hydrogens is 366 g/mol.